The number of hydrogen-bond donors (Lipinski definition) is 1. The van der Waals surface area contributed by atoms with Crippen LogP contribution in [-0.2, 0) is 11.2 Å². The van der Waals surface area contributed by atoms with Crippen LogP contribution in [0.5, 0.6) is 0 Å². The number of rotatable bonds is 5. The number of para-hydroxylation sites is 1. The molecular weight excluding hydrogens is 325 g/mol. The van der Waals surface area contributed by atoms with Gasteiger partial charge in [-0.2, -0.15) is 5.10 Å². The average Bonchev–Trinajstić information content (AvgIpc) is 2.50. The largest absolute Gasteiger partial charge is 0.273 e. The van der Waals surface area contributed by atoms with Crippen LogP contribution < -0.4 is 5.43 Å². The molecule has 6 nitrogen and oxygen atoms in total. The maximum absolute atomic E-state index is 13.5. The van der Waals surface area contributed by atoms with Gasteiger partial charge in [0.1, 0.15) is 5.82 Å². The molecule has 0 fully saturated rings. The molecule has 0 radical (unpaired) electrons. The fraction of sp³-hybridized carbons (Fsp3) is 0.0667. The average molecular weight is 336 g/mol. The quantitative estimate of drug-likeness (QED) is 0.517. The molecule has 0 bridgehead atoms. The first-order valence-corrected chi connectivity index (χ1v) is 6.85. The zero-order valence-corrected chi connectivity index (χ0v) is 12.5. The van der Waals surface area contributed by atoms with Crippen molar-refractivity contribution < 1.29 is 14.1 Å². The number of hydrogen-bond acceptors (Lipinski definition) is 4. The molecule has 1 amide bonds. The lowest BCUT2D eigenvalue weighted by Gasteiger charge is -2.02. The number of amides is 1. The van der Waals surface area contributed by atoms with E-state index in [-0.39, 0.29) is 28.3 Å². The third-order valence-corrected chi connectivity index (χ3v) is 3.25. The highest BCUT2D eigenvalue weighted by Gasteiger charge is 2.15. The van der Waals surface area contributed by atoms with Crippen LogP contribution in [0, 0.1) is 15.9 Å². The van der Waals surface area contributed by atoms with Crippen LogP contribution in [-0.4, -0.2) is 17.0 Å². The topological polar surface area (TPSA) is 84.6 Å². The maximum atomic E-state index is 13.5. The minimum Gasteiger partial charge on any atom is -0.273 e. The lowest BCUT2D eigenvalue weighted by molar-refractivity contribution is -0.385. The lowest BCUT2D eigenvalue weighted by atomic mass is 10.1. The summed E-state index contributed by atoms with van der Waals surface area (Å²) in [5.74, 6) is -1.14. The smallest absolute Gasteiger partial charge is 0.273 e. The first kappa shape index (κ1) is 16.6. The summed E-state index contributed by atoms with van der Waals surface area (Å²) < 4.78 is 13.5. The summed E-state index contributed by atoms with van der Waals surface area (Å²) in [4.78, 5) is 22.1. The molecule has 2 rings (SSSR count). The van der Waals surface area contributed by atoms with Crippen molar-refractivity contribution in [2.45, 2.75) is 6.42 Å². The van der Waals surface area contributed by atoms with Crippen molar-refractivity contribution >= 4 is 29.4 Å². The number of nitrogens with zero attached hydrogens (tertiary/aromatic N) is 2. The maximum Gasteiger partial charge on any atom is 0.273 e. The lowest BCUT2D eigenvalue weighted by Crippen LogP contribution is -2.20. The Balaban J connectivity index is 2.04. The molecule has 8 heteroatoms. The Hall–Kier alpha value is -2.80. The van der Waals surface area contributed by atoms with Gasteiger partial charge in [0.05, 0.1) is 22.6 Å². The van der Waals surface area contributed by atoms with Gasteiger partial charge in [0.15, 0.2) is 0 Å². The SMILES string of the molecule is O=C(Cc1ccccc1[N+](=O)[O-])NN=Cc1c(F)cccc1Cl. The number of nitro benzene ring substituents is 1. The standard InChI is InChI=1S/C15H11ClFN3O3/c16-12-5-3-6-13(17)11(12)9-18-19-15(21)8-10-4-1-2-7-14(10)20(22)23/h1-7,9H,8H2,(H,19,21). The van der Waals surface area contributed by atoms with Crippen LogP contribution in [0.2, 0.25) is 5.02 Å². The highest BCUT2D eigenvalue weighted by atomic mass is 35.5. The zero-order chi connectivity index (χ0) is 16.8. The van der Waals surface area contributed by atoms with Crippen molar-refractivity contribution in [3.8, 4) is 0 Å². The molecule has 0 heterocycles. The van der Waals surface area contributed by atoms with Crippen molar-refractivity contribution in [1.29, 1.82) is 0 Å². The number of hydrazone groups is 1. The Morgan fingerprint density at radius 2 is 2.04 bits per heavy atom. The van der Waals surface area contributed by atoms with Gasteiger partial charge in [-0.15, -0.1) is 0 Å². The van der Waals surface area contributed by atoms with Gasteiger partial charge in [0, 0.05) is 17.2 Å². The van der Waals surface area contributed by atoms with Crippen LogP contribution >= 0.6 is 11.6 Å². The van der Waals surface area contributed by atoms with Crippen LogP contribution in [0.3, 0.4) is 0 Å². The number of halogens is 2. The van der Waals surface area contributed by atoms with Gasteiger partial charge in [-0.25, -0.2) is 9.82 Å². The van der Waals surface area contributed by atoms with E-state index in [1.54, 1.807) is 6.07 Å². The molecule has 2 aromatic rings. The fourth-order valence-corrected chi connectivity index (χ4v) is 2.07. The van der Waals surface area contributed by atoms with Crippen molar-refractivity contribution in [3.05, 3.63) is 74.5 Å². The van der Waals surface area contributed by atoms with E-state index in [1.807, 2.05) is 0 Å². The number of nitrogens with one attached hydrogen (secondary N) is 1. The molecule has 0 atom stereocenters. The van der Waals surface area contributed by atoms with E-state index in [1.165, 1.54) is 36.4 Å². The van der Waals surface area contributed by atoms with E-state index >= 15 is 0 Å². The summed E-state index contributed by atoms with van der Waals surface area (Å²) in [6, 6.07) is 10.0. The first-order valence-electron chi connectivity index (χ1n) is 6.47. The Kier molecular flexibility index (Phi) is 5.37. The summed E-state index contributed by atoms with van der Waals surface area (Å²) in [5.41, 5.74) is 2.33. The summed E-state index contributed by atoms with van der Waals surface area (Å²) >= 11 is 5.81. The van der Waals surface area contributed by atoms with E-state index in [4.69, 9.17) is 11.6 Å². The number of benzene rings is 2. The van der Waals surface area contributed by atoms with Crippen LogP contribution in [0.25, 0.3) is 0 Å². The van der Waals surface area contributed by atoms with Gasteiger partial charge in [-0.1, -0.05) is 35.9 Å². The number of nitro groups is 1. The van der Waals surface area contributed by atoms with Gasteiger partial charge in [0.25, 0.3) is 5.69 Å². The molecule has 2 aromatic carbocycles. The van der Waals surface area contributed by atoms with E-state index in [0.29, 0.717) is 0 Å². The van der Waals surface area contributed by atoms with Crippen LogP contribution in [0.1, 0.15) is 11.1 Å². The van der Waals surface area contributed by atoms with Gasteiger partial charge in [-0.05, 0) is 12.1 Å². The Bertz CT molecular complexity index is 760. The van der Waals surface area contributed by atoms with Gasteiger partial charge < -0.3 is 0 Å². The molecular formula is C15H11ClFN3O3. The third-order valence-electron chi connectivity index (χ3n) is 2.92. The van der Waals surface area contributed by atoms with Crippen molar-refractivity contribution in [3.63, 3.8) is 0 Å². The first-order chi connectivity index (χ1) is 11.0. The van der Waals surface area contributed by atoms with Crippen LogP contribution in [0.4, 0.5) is 10.1 Å². The Morgan fingerprint density at radius 3 is 2.74 bits per heavy atom. The van der Waals surface area contributed by atoms with E-state index in [9.17, 15) is 19.3 Å². The van der Waals surface area contributed by atoms with Gasteiger partial charge in [-0.3, -0.25) is 14.9 Å². The van der Waals surface area contributed by atoms with E-state index in [0.717, 1.165) is 6.21 Å². The Labute approximate surface area is 135 Å². The summed E-state index contributed by atoms with van der Waals surface area (Å²) in [5, 5.41) is 14.6. The second-order valence-electron chi connectivity index (χ2n) is 4.49. The molecule has 118 valence electrons. The molecule has 23 heavy (non-hydrogen) atoms. The third kappa shape index (κ3) is 4.33. The highest BCUT2D eigenvalue weighted by Crippen LogP contribution is 2.18. The normalized spacial score (nSPS) is 10.7. The molecule has 0 saturated heterocycles. The highest BCUT2D eigenvalue weighted by molar-refractivity contribution is 6.33. The number of carbonyl (C=O) groups excluding carboxylic acids is 1. The van der Waals surface area contributed by atoms with E-state index in [2.05, 4.69) is 10.5 Å². The van der Waals surface area contributed by atoms with Crippen molar-refractivity contribution in [1.82, 2.24) is 5.43 Å². The molecule has 0 spiro atoms. The molecule has 0 unspecified atom stereocenters. The summed E-state index contributed by atoms with van der Waals surface area (Å²) in [6.45, 7) is 0. The molecule has 1 N–H and O–H groups in total. The monoisotopic (exact) mass is 335 g/mol. The minimum atomic E-state index is -0.575. The summed E-state index contributed by atoms with van der Waals surface area (Å²) in [7, 11) is 0. The number of carbonyl (C=O) groups is 1. The van der Waals surface area contributed by atoms with Gasteiger partial charge >= 0.3 is 0 Å². The van der Waals surface area contributed by atoms with Crippen LogP contribution in [0.15, 0.2) is 47.6 Å². The molecule has 0 saturated carbocycles. The van der Waals surface area contributed by atoms with E-state index < -0.39 is 16.6 Å². The predicted molar refractivity (Wildman–Crippen MR) is 83.9 cm³/mol. The summed E-state index contributed by atoms with van der Waals surface area (Å²) in [6.07, 6.45) is 0.856. The molecule has 0 aliphatic heterocycles. The second kappa shape index (κ2) is 7.46. The molecule has 0 aliphatic carbocycles. The van der Waals surface area contributed by atoms with Gasteiger partial charge in [0.2, 0.25) is 5.91 Å². The fourth-order valence-electron chi connectivity index (χ4n) is 1.85. The molecule has 0 aliphatic rings. The van der Waals surface area contributed by atoms with Crippen molar-refractivity contribution in [2.24, 2.45) is 5.10 Å². The Morgan fingerprint density at radius 1 is 1.30 bits per heavy atom. The molecule has 0 aromatic heterocycles. The van der Waals surface area contributed by atoms with Crippen molar-refractivity contribution in [2.75, 3.05) is 0 Å². The second-order valence-corrected chi connectivity index (χ2v) is 4.90. The minimum absolute atomic E-state index is 0.0418. The zero-order valence-electron chi connectivity index (χ0n) is 11.7. The predicted octanol–water partition coefficient (Wildman–Crippen LogP) is 3.08.